The summed E-state index contributed by atoms with van der Waals surface area (Å²) in [5.74, 6) is 0.146. The quantitative estimate of drug-likeness (QED) is 0.512. The maximum Gasteiger partial charge on any atom is 0.230 e. The average Bonchev–Trinajstić information content (AvgIpc) is 3.37. The Morgan fingerprint density at radius 3 is 2.78 bits per heavy atom. The first-order valence-corrected chi connectivity index (χ1v) is 11.1. The molecular weight excluding hydrogens is 406 g/mol. The highest BCUT2D eigenvalue weighted by molar-refractivity contribution is 6.16. The molecular formula is C23H27N7O2. The Labute approximate surface area is 186 Å². The molecule has 0 spiro atoms. The van der Waals surface area contributed by atoms with Gasteiger partial charge in [-0.2, -0.15) is 0 Å². The zero-order valence-electron chi connectivity index (χ0n) is 18.2. The molecule has 2 aliphatic rings. The number of rotatable bonds is 6. The summed E-state index contributed by atoms with van der Waals surface area (Å²) in [5, 5.41) is 3.66. The average molecular weight is 434 g/mol. The van der Waals surface area contributed by atoms with Gasteiger partial charge in [-0.15, -0.1) is 0 Å². The molecule has 3 aromatic heterocycles. The van der Waals surface area contributed by atoms with Crippen LogP contribution in [-0.2, 0) is 4.79 Å². The number of amides is 1. The van der Waals surface area contributed by atoms with Crippen LogP contribution in [0.15, 0.2) is 37.2 Å². The minimum Gasteiger partial charge on any atom is -0.329 e. The van der Waals surface area contributed by atoms with E-state index in [-0.39, 0.29) is 29.7 Å². The first kappa shape index (κ1) is 20.7. The minimum absolute atomic E-state index is 0.0596. The SMILES string of the molecule is CC(C)n1cc(C(=O)c2cncc(NC(=O)C3CNNC3C3CCC3)c2)c2cncnc21. The van der Waals surface area contributed by atoms with Crippen LogP contribution in [0.5, 0.6) is 0 Å². The number of nitrogens with zero attached hydrogens (tertiary/aromatic N) is 4. The van der Waals surface area contributed by atoms with Gasteiger partial charge in [-0.1, -0.05) is 6.42 Å². The molecule has 2 fully saturated rings. The summed E-state index contributed by atoms with van der Waals surface area (Å²) < 4.78 is 1.96. The van der Waals surface area contributed by atoms with E-state index in [0.29, 0.717) is 34.7 Å². The van der Waals surface area contributed by atoms with Crippen molar-refractivity contribution in [1.82, 2.24) is 30.4 Å². The molecule has 0 aromatic carbocycles. The number of hydrazine groups is 1. The van der Waals surface area contributed by atoms with Crippen LogP contribution >= 0.6 is 0 Å². The van der Waals surface area contributed by atoms with Gasteiger partial charge in [0.2, 0.25) is 5.91 Å². The lowest BCUT2D eigenvalue weighted by Gasteiger charge is -2.33. The Hall–Kier alpha value is -3.17. The lowest BCUT2D eigenvalue weighted by Crippen LogP contribution is -2.44. The molecule has 3 aromatic rings. The van der Waals surface area contributed by atoms with Crippen LogP contribution in [0, 0.1) is 11.8 Å². The van der Waals surface area contributed by atoms with Crippen molar-refractivity contribution in [2.45, 2.75) is 45.2 Å². The third kappa shape index (κ3) is 3.67. The predicted octanol–water partition coefficient (Wildman–Crippen LogP) is 2.47. The maximum atomic E-state index is 13.3. The zero-order chi connectivity index (χ0) is 22.2. The molecule has 1 aliphatic heterocycles. The standard InChI is InChI=1S/C23H27N7O2/c1-13(2)30-11-19(17-9-25-12-26-22(17)30)21(31)15-6-16(8-24-7-15)28-23(32)18-10-27-29-20(18)14-4-3-5-14/h6-9,11-14,18,20,27,29H,3-5,10H2,1-2H3,(H,28,32). The third-order valence-corrected chi connectivity index (χ3v) is 6.58. The summed E-state index contributed by atoms with van der Waals surface area (Å²) >= 11 is 0. The van der Waals surface area contributed by atoms with Crippen LogP contribution in [-0.4, -0.2) is 43.8 Å². The molecule has 5 rings (SSSR count). The van der Waals surface area contributed by atoms with Gasteiger partial charge >= 0.3 is 0 Å². The fourth-order valence-corrected chi connectivity index (χ4v) is 4.60. The van der Waals surface area contributed by atoms with E-state index in [1.165, 1.54) is 18.9 Å². The summed E-state index contributed by atoms with van der Waals surface area (Å²) in [4.78, 5) is 38.9. The van der Waals surface area contributed by atoms with E-state index in [4.69, 9.17) is 0 Å². The Balaban J connectivity index is 1.38. The molecule has 2 unspecified atom stereocenters. The highest BCUT2D eigenvalue weighted by Crippen LogP contribution is 2.34. The van der Waals surface area contributed by atoms with Crippen LogP contribution in [0.25, 0.3) is 11.0 Å². The van der Waals surface area contributed by atoms with E-state index in [0.717, 1.165) is 18.5 Å². The normalized spacial score (nSPS) is 21.1. The number of ketones is 1. The Morgan fingerprint density at radius 2 is 2.03 bits per heavy atom. The second-order valence-corrected chi connectivity index (χ2v) is 8.93. The topological polar surface area (TPSA) is 114 Å². The second-order valence-electron chi connectivity index (χ2n) is 8.93. The maximum absolute atomic E-state index is 13.3. The number of pyridine rings is 1. The molecule has 1 saturated heterocycles. The van der Waals surface area contributed by atoms with Crippen molar-refractivity contribution < 1.29 is 9.59 Å². The lowest BCUT2D eigenvalue weighted by atomic mass is 9.75. The van der Waals surface area contributed by atoms with Crippen LogP contribution in [0.2, 0.25) is 0 Å². The molecule has 32 heavy (non-hydrogen) atoms. The molecule has 1 amide bonds. The van der Waals surface area contributed by atoms with Crippen LogP contribution in [0.1, 0.15) is 55.1 Å². The van der Waals surface area contributed by atoms with E-state index >= 15 is 0 Å². The molecule has 2 atom stereocenters. The highest BCUT2D eigenvalue weighted by Gasteiger charge is 2.40. The van der Waals surface area contributed by atoms with Crippen LogP contribution in [0.3, 0.4) is 0 Å². The van der Waals surface area contributed by atoms with Crippen molar-refractivity contribution in [3.63, 3.8) is 0 Å². The zero-order valence-corrected chi connectivity index (χ0v) is 18.2. The summed E-state index contributed by atoms with van der Waals surface area (Å²) in [5.41, 5.74) is 8.55. The molecule has 9 heteroatoms. The number of carbonyl (C=O) groups excluding carboxylic acids is 2. The molecule has 0 radical (unpaired) electrons. The van der Waals surface area contributed by atoms with E-state index in [2.05, 4.69) is 31.1 Å². The lowest BCUT2D eigenvalue weighted by molar-refractivity contribution is -0.120. The molecule has 166 valence electrons. The number of nitrogens with one attached hydrogen (secondary N) is 3. The van der Waals surface area contributed by atoms with Gasteiger partial charge in [0.05, 0.1) is 23.4 Å². The molecule has 9 nitrogen and oxygen atoms in total. The van der Waals surface area contributed by atoms with Crippen molar-refractivity contribution in [2.24, 2.45) is 11.8 Å². The Kier molecular flexibility index (Phi) is 5.44. The smallest absolute Gasteiger partial charge is 0.230 e. The van der Waals surface area contributed by atoms with Gasteiger partial charge in [-0.25, -0.2) is 9.97 Å². The van der Waals surface area contributed by atoms with Crippen molar-refractivity contribution in [1.29, 1.82) is 0 Å². The first-order valence-electron chi connectivity index (χ1n) is 11.1. The molecule has 4 heterocycles. The first-order chi connectivity index (χ1) is 15.5. The van der Waals surface area contributed by atoms with Crippen molar-refractivity contribution in [2.75, 3.05) is 11.9 Å². The summed E-state index contributed by atoms with van der Waals surface area (Å²) in [6.07, 6.45) is 11.6. The molecule has 3 N–H and O–H groups in total. The monoisotopic (exact) mass is 433 g/mol. The fourth-order valence-electron chi connectivity index (χ4n) is 4.60. The minimum atomic E-state index is -0.177. The summed E-state index contributed by atoms with van der Waals surface area (Å²) in [6.45, 7) is 4.67. The van der Waals surface area contributed by atoms with Crippen LogP contribution in [0.4, 0.5) is 5.69 Å². The molecule has 0 bridgehead atoms. The number of anilines is 1. The second kappa shape index (κ2) is 8.40. The van der Waals surface area contributed by atoms with Crippen LogP contribution < -0.4 is 16.2 Å². The predicted molar refractivity (Wildman–Crippen MR) is 120 cm³/mol. The number of hydrogen-bond acceptors (Lipinski definition) is 7. The van der Waals surface area contributed by atoms with E-state index in [9.17, 15) is 9.59 Å². The van der Waals surface area contributed by atoms with Crippen molar-refractivity contribution in [3.8, 4) is 0 Å². The molecule has 1 aliphatic carbocycles. The number of hydrogen-bond donors (Lipinski definition) is 3. The van der Waals surface area contributed by atoms with Gasteiger partial charge in [0.25, 0.3) is 0 Å². The van der Waals surface area contributed by atoms with Crippen molar-refractivity contribution in [3.05, 3.63) is 48.3 Å². The number of aromatic nitrogens is 4. The van der Waals surface area contributed by atoms with Gasteiger partial charge in [0, 0.05) is 48.2 Å². The van der Waals surface area contributed by atoms with Gasteiger partial charge < -0.3 is 9.88 Å². The number of fused-ring (bicyclic) bond motifs is 1. The number of carbonyl (C=O) groups is 2. The van der Waals surface area contributed by atoms with Gasteiger partial charge in [0.15, 0.2) is 5.78 Å². The van der Waals surface area contributed by atoms with E-state index < -0.39 is 0 Å². The van der Waals surface area contributed by atoms with Gasteiger partial charge in [-0.05, 0) is 38.7 Å². The third-order valence-electron chi connectivity index (χ3n) is 6.58. The fraction of sp³-hybridized carbons (Fsp3) is 0.435. The highest BCUT2D eigenvalue weighted by atomic mass is 16.2. The molecule has 1 saturated carbocycles. The van der Waals surface area contributed by atoms with Crippen molar-refractivity contribution >= 4 is 28.4 Å². The Bertz CT molecular complexity index is 1170. The summed E-state index contributed by atoms with van der Waals surface area (Å²) in [7, 11) is 0. The largest absolute Gasteiger partial charge is 0.329 e. The van der Waals surface area contributed by atoms with E-state index in [1.807, 2.05) is 24.6 Å². The van der Waals surface area contributed by atoms with Gasteiger partial charge in [0.1, 0.15) is 12.0 Å². The van der Waals surface area contributed by atoms with Gasteiger partial charge in [-0.3, -0.25) is 25.4 Å². The summed E-state index contributed by atoms with van der Waals surface area (Å²) in [6, 6.07) is 1.97. The van der Waals surface area contributed by atoms with E-state index in [1.54, 1.807) is 18.5 Å². The Morgan fingerprint density at radius 1 is 1.19 bits per heavy atom.